The van der Waals surface area contributed by atoms with Crippen LogP contribution in [0.4, 0.5) is 0 Å². The van der Waals surface area contributed by atoms with Crippen LogP contribution in [-0.2, 0) is 36.4 Å². The molecule has 0 amide bonds. The fourth-order valence-corrected chi connectivity index (χ4v) is 4.14. The van der Waals surface area contributed by atoms with Crippen LogP contribution >= 0.6 is 23.5 Å². The number of cyclic esters (lactones) is 1. The first-order chi connectivity index (χ1) is 10.7. The minimum Gasteiger partial charge on any atom is -0.870 e. The summed E-state index contributed by atoms with van der Waals surface area (Å²) >= 11 is 0. The highest BCUT2D eigenvalue weighted by Gasteiger charge is 2.37. The van der Waals surface area contributed by atoms with Gasteiger partial charge in [0.1, 0.15) is 12.2 Å². The standard InChI is InChI=1S/C6H11O15P3.5H3N/c7-1-2(8)4-3(9)5(6(10)18-4)19-23(14,15)21-24(16,17)20-22(11,12)13;;;;;/h2,4,7-9H,1H2,(H,14,15)(H,16,17)(H2,11,12,13);5*1H3/t2-,4+;;;;;/m0...../s1. The van der Waals surface area contributed by atoms with E-state index in [2.05, 4.69) is 17.9 Å². The Kier molecular flexibility index (Phi) is 17.7. The zero-order valence-corrected chi connectivity index (χ0v) is 18.6. The van der Waals surface area contributed by atoms with Crippen LogP contribution in [0.3, 0.4) is 0 Å². The lowest BCUT2D eigenvalue weighted by Crippen LogP contribution is -2.35. The third kappa shape index (κ3) is 11.7. The van der Waals surface area contributed by atoms with Crippen LogP contribution in [-0.4, -0.2) is 35.0 Å². The molecule has 0 aliphatic carbocycles. The highest BCUT2D eigenvalue weighted by molar-refractivity contribution is 7.64. The molecule has 0 bridgehead atoms. The van der Waals surface area contributed by atoms with Gasteiger partial charge in [0.05, 0.1) is 14.4 Å². The van der Waals surface area contributed by atoms with E-state index < -0.39 is 59.8 Å². The van der Waals surface area contributed by atoms with Crippen molar-refractivity contribution in [3.05, 3.63) is 11.5 Å². The van der Waals surface area contributed by atoms with Gasteiger partial charge in [0, 0.05) is 0 Å². The number of aliphatic hydroxyl groups excluding tert-OH is 2. The third-order valence-electron chi connectivity index (χ3n) is 2.04. The minimum absolute atomic E-state index is 0. The van der Waals surface area contributed by atoms with Crippen LogP contribution < -0.4 is 55.4 Å². The molecule has 1 aliphatic heterocycles. The fraction of sp³-hybridized carbons (Fsp3) is 0.500. The van der Waals surface area contributed by atoms with Gasteiger partial charge in [-0.15, -0.1) is 0 Å². The van der Waals surface area contributed by atoms with Crippen LogP contribution in [0.5, 0.6) is 0 Å². The van der Waals surface area contributed by atoms with Gasteiger partial charge >= 0.3 is 13.8 Å². The van der Waals surface area contributed by atoms with E-state index in [0.29, 0.717) is 0 Å². The van der Waals surface area contributed by atoms with Gasteiger partial charge in [0.2, 0.25) is 5.76 Å². The molecule has 22 N–H and O–H groups in total. The maximum Gasteiger partial charge on any atom is 0.373 e. The summed E-state index contributed by atoms with van der Waals surface area (Å²) in [6.45, 7) is -1.06. The molecule has 180 valence electrons. The number of phosphoric acid groups is 3. The molecule has 0 fully saturated rings. The highest BCUT2D eigenvalue weighted by atomic mass is 31.3. The number of phosphoric ester groups is 1. The lowest BCUT2D eigenvalue weighted by atomic mass is 10.2. The summed E-state index contributed by atoms with van der Waals surface area (Å²) in [4.78, 5) is 53.6. The quantitative estimate of drug-likeness (QED) is 0.125. The second-order valence-corrected chi connectivity index (χ2v) is 8.04. The first kappa shape index (κ1) is 38.6. The van der Waals surface area contributed by atoms with E-state index in [1.165, 1.54) is 0 Å². The minimum atomic E-state index is -6.28. The summed E-state index contributed by atoms with van der Waals surface area (Å²) in [7, 11) is -18.6. The van der Waals surface area contributed by atoms with E-state index >= 15 is 0 Å². The number of quaternary nitrogens is 5. The van der Waals surface area contributed by atoms with Crippen LogP contribution in [0, 0.1) is 0 Å². The van der Waals surface area contributed by atoms with Crippen molar-refractivity contribution in [2.24, 2.45) is 0 Å². The molecule has 0 aromatic carbocycles. The van der Waals surface area contributed by atoms with E-state index in [-0.39, 0.29) is 30.8 Å². The summed E-state index contributed by atoms with van der Waals surface area (Å²) in [5.74, 6) is -4.98. The van der Waals surface area contributed by atoms with Gasteiger partial charge in [0.25, 0.3) is 7.82 Å². The molecule has 0 aromatic heterocycles. The number of carbonyl (C=O) groups is 1. The Morgan fingerprint density at radius 1 is 0.966 bits per heavy atom. The number of rotatable bonds is 8. The summed E-state index contributed by atoms with van der Waals surface area (Å²) in [6.07, 6.45) is -3.97. The van der Waals surface area contributed by atoms with Crippen LogP contribution in [0.1, 0.15) is 0 Å². The second-order valence-electron chi connectivity index (χ2n) is 3.87. The van der Waals surface area contributed by atoms with Crippen molar-refractivity contribution in [3.63, 3.8) is 0 Å². The molecular formula is C6H26N5O15P3. The zero-order valence-electron chi connectivity index (χ0n) is 15.9. The van der Waals surface area contributed by atoms with Gasteiger partial charge < -0.3 is 79.5 Å². The van der Waals surface area contributed by atoms with Crippen molar-refractivity contribution in [1.29, 1.82) is 0 Å². The van der Waals surface area contributed by atoms with Gasteiger partial charge in [-0.25, -0.2) is 9.11 Å². The van der Waals surface area contributed by atoms with E-state index in [1.54, 1.807) is 0 Å². The van der Waals surface area contributed by atoms with Crippen molar-refractivity contribution in [1.82, 2.24) is 30.8 Å². The highest BCUT2D eigenvalue weighted by Crippen LogP contribution is 2.61. The van der Waals surface area contributed by atoms with Crippen molar-refractivity contribution in [2.45, 2.75) is 12.2 Å². The predicted molar refractivity (Wildman–Crippen MR) is 86.0 cm³/mol. The molecule has 29 heavy (non-hydrogen) atoms. The third-order valence-corrected chi connectivity index (χ3v) is 5.65. The summed E-state index contributed by atoms with van der Waals surface area (Å²) in [5.41, 5.74) is 0. The largest absolute Gasteiger partial charge is 0.870 e. The molecule has 0 saturated heterocycles. The smallest absolute Gasteiger partial charge is 0.373 e. The number of hydrogen-bond donors (Lipinski definition) is 7. The average molecular weight is 501 g/mol. The SMILES string of the molecule is O=C1O[C@H]([C@@H](O)CO)C([O-])=C1OP(=O)([O-])OP(=O)([O-])OP(=O)([O-])[O-].[NH4+].[NH4+].[NH4+].[NH4+].[NH4+]. The van der Waals surface area contributed by atoms with Gasteiger partial charge in [-0.1, -0.05) is 0 Å². The molecule has 1 heterocycles. The van der Waals surface area contributed by atoms with Gasteiger partial charge in [0.15, 0.2) is 0 Å². The monoisotopic (exact) mass is 501 g/mol. The first-order valence-electron chi connectivity index (χ1n) is 5.35. The van der Waals surface area contributed by atoms with Crippen molar-refractivity contribution < 1.29 is 71.3 Å². The number of carbonyl (C=O) groups excluding carboxylic acids is 1. The molecule has 0 radical (unpaired) electrons. The second kappa shape index (κ2) is 13.3. The van der Waals surface area contributed by atoms with Crippen LogP contribution in [0.25, 0.3) is 0 Å². The lowest BCUT2D eigenvalue weighted by Gasteiger charge is -2.37. The predicted octanol–water partition coefficient (Wildman–Crippen LogP) is -3.47. The maximum atomic E-state index is 11.6. The van der Waals surface area contributed by atoms with Crippen molar-refractivity contribution in [3.8, 4) is 0 Å². The Morgan fingerprint density at radius 2 is 1.41 bits per heavy atom. The molecule has 2 unspecified atom stereocenters. The topological polar surface area (TPSA) is 443 Å². The first-order valence-corrected chi connectivity index (χ1v) is 9.73. The van der Waals surface area contributed by atoms with Crippen LogP contribution in [0.2, 0.25) is 0 Å². The summed E-state index contributed by atoms with van der Waals surface area (Å²) < 4.78 is 46.2. The van der Waals surface area contributed by atoms with E-state index in [1.807, 2.05) is 0 Å². The Hall–Kier alpha value is -1.02. The summed E-state index contributed by atoms with van der Waals surface area (Å²) in [5, 5.41) is 29.4. The normalized spacial score (nSPS) is 20.6. The molecule has 0 aromatic rings. The zero-order chi connectivity index (χ0) is 18.9. The Labute approximate surface area is 162 Å². The molecule has 1 aliphatic rings. The Morgan fingerprint density at radius 3 is 1.79 bits per heavy atom. The van der Waals surface area contributed by atoms with E-state index in [4.69, 9.17) is 10.2 Å². The lowest BCUT2D eigenvalue weighted by molar-refractivity contribution is -0.339. The van der Waals surface area contributed by atoms with Crippen LogP contribution in [0.15, 0.2) is 11.5 Å². The molecule has 0 saturated carbocycles. The Bertz CT molecular complexity index is 694. The van der Waals surface area contributed by atoms with Gasteiger partial charge in [-0.3, -0.25) is 13.4 Å². The van der Waals surface area contributed by atoms with E-state index in [0.717, 1.165) is 0 Å². The molecule has 0 spiro atoms. The maximum absolute atomic E-state index is 11.6. The average Bonchev–Trinajstić information content (AvgIpc) is 2.61. The van der Waals surface area contributed by atoms with E-state index in [9.17, 15) is 43.2 Å². The molecule has 1 rings (SSSR count). The molecular weight excluding hydrogens is 475 g/mol. The van der Waals surface area contributed by atoms with Crippen molar-refractivity contribution in [2.75, 3.05) is 6.61 Å². The molecule has 4 atom stereocenters. The Balaban J connectivity index is -0.000000384. The molecule has 20 nitrogen and oxygen atoms in total. The number of aliphatic hydroxyl groups is 2. The fourth-order valence-electron chi connectivity index (χ4n) is 1.27. The number of hydrogen-bond acceptors (Lipinski definition) is 15. The number of esters is 1. The molecule has 23 heteroatoms. The van der Waals surface area contributed by atoms with Gasteiger partial charge in [-0.05, 0) is 5.76 Å². The van der Waals surface area contributed by atoms with Gasteiger partial charge in [-0.2, -0.15) is 0 Å². The number of ether oxygens (including phenoxy) is 1. The van der Waals surface area contributed by atoms with Crippen molar-refractivity contribution >= 4 is 29.4 Å². The summed E-state index contributed by atoms with van der Waals surface area (Å²) in [6, 6.07) is 0.